The van der Waals surface area contributed by atoms with Crippen LogP contribution < -0.4 is 5.32 Å². The number of hydrogen-bond donors (Lipinski definition) is 1. The van der Waals surface area contributed by atoms with Crippen molar-refractivity contribution in [1.29, 1.82) is 0 Å². The lowest BCUT2D eigenvalue weighted by molar-refractivity contribution is -0.135. The van der Waals surface area contributed by atoms with Gasteiger partial charge in [0.25, 0.3) is 0 Å². The quantitative estimate of drug-likeness (QED) is 0.925. The Balaban J connectivity index is 2.21. The molecule has 0 radical (unpaired) electrons. The number of benzene rings is 2. The maximum atomic E-state index is 12.5. The van der Waals surface area contributed by atoms with Gasteiger partial charge in [0.05, 0.1) is 6.04 Å². The Morgan fingerprint density at radius 1 is 1.22 bits per heavy atom. The average molecular weight is 308 g/mol. The van der Waals surface area contributed by atoms with E-state index in [0.29, 0.717) is 6.42 Å². The summed E-state index contributed by atoms with van der Waals surface area (Å²) in [5.74, 6) is -0.182. The predicted molar refractivity (Wildman–Crippen MR) is 90.1 cm³/mol. The predicted octanol–water partition coefficient (Wildman–Crippen LogP) is 3.28. The second-order valence-corrected chi connectivity index (χ2v) is 5.83. The van der Waals surface area contributed by atoms with Crippen molar-refractivity contribution in [2.75, 3.05) is 11.9 Å². The Kier molecular flexibility index (Phi) is 4.15. The maximum Gasteiger partial charge on any atom is 0.244 e. The van der Waals surface area contributed by atoms with Gasteiger partial charge in [0.15, 0.2) is 0 Å². The lowest BCUT2D eigenvalue weighted by atomic mass is 9.94. The number of carbonyl (C=O) groups is 2. The van der Waals surface area contributed by atoms with E-state index in [1.807, 2.05) is 56.3 Å². The number of amides is 2. The first-order chi connectivity index (χ1) is 11.1. The van der Waals surface area contributed by atoms with Gasteiger partial charge < -0.3 is 10.2 Å². The fourth-order valence-corrected chi connectivity index (χ4v) is 3.06. The Morgan fingerprint density at radius 2 is 1.96 bits per heavy atom. The van der Waals surface area contributed by atoms with E-state index in [2.05, 4.69) is 11.4 Å². The van der Waals surface area contributed by atoms with E-state index in [9.17, 15) is 9.59 Å². The third kappa shape index (κ3) is 2.97. The molecule has 1 heterocycles. The minimum absolute atomic E-state index is 0.0247. The molecule has 118 valence electrons. The van der Waals surface area contributed by atoms with Crippen LogP contribution >= 0.6 is 0 Å². The van der Waals surface area contributed by atoms with Gasteiger partial charge in [-0.15, -0.1) is 0 Å². The Labute approximate surface area is 136 Å². The Hall–Kier alpha value is -2.62. The summed E-state index contributed by atoms with van der Waals surface area (Å²) in [5, 5.41) is 2.93. The van der Waals surface area contributed by atoms with Gasteiger partial charge in [-0.05, 0) is 18.6 Å². The van der Waals surface area contributed by atoms with Crippen LogP contribution in [0.1, 0.15) is 36.1 Å². The van der Waals surface area contributed by atoms with Crippen molar-refractivity contribution >= 4 is 17.5 Å². The number of hydrogen-bond acceptors (Lipinski definition) is 2. The number of anilines is 1. The lowest BCUT2D eigenvalue weighted by Crippen LogP contribution is -2.38. The van der Waals surface area contributed by atoms with Crippen molar-refractivity contribution in [3.63, 3.8) is 0 Å². The molecule has 1 aliphatic rings. The van der Waals surface area contributed by atoms with Gasteiger partial charge in [-0.2, -0.15) is 0 Å². The maximum absolute atomic E-state index is 12.5. The summed E-state index contributed by atoms with van der Waals surface area (Å²) in [4.78, 5) is 26.4. The third-order valence-corrected chi connectivity index (χ3v) is 4.14. The van der Waals surface area contributed by atoms with Crippen LogP contribution in [0.15, 0.2) is 48.5 Å². The zero-order valence-corrected chi connectivity index (χ0v) is 13.4. The third-order valence-electron chi connectivity index (χ3n) is 4.14. The highest BCUT2D eigenvalue weighted by Gasteiger charge is 2.32. The van der Waals surface area contributed by atoms with E-state index in [0.717, 1.165) is 22.4 Å². The van der Waals surface area contributed by atoms with E-state index in [1.165, 1.54) is 0 Å². The topological polar surface area (TPSA) is 49.4 Å². The highest BCUT2D eigenvalue weighted by Crippen LogP contribution is 2.36. The van der Waals surface area contributed by atoms with Gasteiger partial charge in [0.2, 0.25) is 11.8 Å². The van der Waals surface area contributed by atoms with E-state index in [-0.39, 0.29) is 24.4 Å². The summed E-state index contributed by atoms with van der Waals surface area (Å²) < 4.78 is 0. The standard InChI is InChI=1S/C19H20N2O2/c1-3-18(23)21-12-17(22)20-16-10-9-13(2)11-15(16)19(21)14-7-5-4-6-8-14/h4-11,19H,3,12H2,1-2H3,(H,20,22)/t19-/m0/s1. The molecule has 1 aliphatic heterocycles. The molecule has 1 N–H and O–H groups in total. The van der Waals surface area contributed by atoms with Crippen LogP contribution in [-0.4, -0.2) is 23.3 Å². The van der Waals surface area contributed by atoms with E-state index < -0.39 is 0 Å². The molecule has 3 rings (SSSR count). The first-order valence-electron chi connectivity index (χ1n) is 7.85. The molecule has 23 heavy (non-hydrogen) atoms. The molecular weight excluding hydrogens is 288 g/mol. The number of nitrogens with one attached hydrogen (secondary N) is 1. The summed E-state index contributed by atoms with van der Waals surface area (Å²) in [7, 11) is 0. The van der Waals surface area contributed by atoms with Crippen LogP contribution in [0.2, 0.25) is 0 Å². The molecule has 4 heteroatoms. The number of aryl methyl sites for hydroxylation is 1. The molecule has 0 aliphatic carbocycles. The molecule has 0 unspecified atom stereocenters. The van der Waals surface area contributed by atoms with Gasteiger partial charge in [0, 0.05) is 17.7 Å². The molecule has 4 nitrogen and oxygen atoms in total. The Bertz CT molecular complexity index is 740. The minimum atomic E-state index is -0.252. The highest BCUT2D eigenvalue weighted by atomic mass is 16.2. The van der Waals surface area contributed by atoms with Crippen molar-refractivity contribution in [1.82, 2.24) is 4.90 Å². The number of carbonyl (C=O) groups excluding carboxylic acids is 2. The second kappa shape index (κ2) is 6.24. The van der Waals surface area contributed by atoms with Crippen molar-refractivity contribution in [2.45, 2.75) is 26.3 Å². The zero-order chi connectivity index (χ0) is 16.4. The summed E-state index contributed by atoms with van der Waals surface area (Å²) in [6, 6.07) is 15.6. The summed E-state index contributed by atoms with van der Waals surface area (Å²) in [5.41, 5.74) is 3.85. The first kappa shape index (κ1) is 15.3. The molecule has 0 fully saturated rings. The van der Waals surface area contributed by atoms with Gasteiger partial charge in [0.1, 0.15) is 6.54 Å². The van der Waals surface area contributed by atoms with Crippen LogP contribution in [0, 0.1) is 6.92 Å². The monoisotopic (exact) mass is 308 g/mol. The van der Waals surface area contributed by atoms with E-state index in [4.69, 9.17) is 0 Å². The van der Waals surface area contributed by atoms with Crippen molar-refractivity contribution in [3.8, 4) is 0 Å². The van der Waals surface area contributed by atoms with Gasteiger partial charge in [-0.3, -0.25) is 9.59 Å². The largest absolute Gasteiger partial charge is 0.324 e. The molecule has 0 bridgehead atoms. The van der Waals surface area contributed by atoms with Gasteiger partial charge in [-0.1, -0.05) is 55.0 Å². The van der Waals surface area contributed by atoms with Crippen molar-refractivity contribution in [3.05, 3.63) is 65.2 Å². The molecule has 0 aromatic heterocycles. The average Bonchev–Trinajstić information content (AvgIpc) is 2.70. The highest BCUT2D eigenvalue weighted by molar-refractivity contribution is 5.97. The molecule has 2 aromatic carbocycles. The second-order valence-electron chi connectivity index (χ2n) is 5.83. The van der Waals surface area contributed by atoms with Crippen LogP contribution in [0.4, 0.5) is 5.69 Å². The summed E-state index contributed by atoms with van der Waals surface area (Å²) in [6.45, 7) is 3.91. The normalized spacial score (nSPS) is 17.2. The van der Waals surface area contributed by atoms with Crippen LogP contribution in [-0.2, 0) is 9.59 Å². The number of fused-ring (bicyclic) bond motifs is 1. The molecule has 2 aromatic rings. The molecular formula is C19H20N2O2. The molecule has 2 amide bonds. The van der Waals surface area contributed by atoms with E-state index in [1.54, 1.807) is 4.90 Å². The van der Waals surface area contributed by atoms with Crippen molar-refractivity contribution < 1.29 is 9.59 Å². The smallest absolute Gasteiger partial charge is 0.244 e. The SMILES string of the molecule is CCC(=O)N1CC(=O)Nc2ccc(C)cc2[C@@H]1c1ccccc1. The van der Waals surface area contributed by atoms with Crippen LogP contribution in [0.5, 0.6) is 0 Å². The van der Waals surface area contributed by atoms with Crippen LogP contribution in [0.25, 0.3) is 0 Å². The zero-order valence-electron chi connectivity index (χ0n) is 13.4. The first-order valence-corrected chi connectivity index (χ1v) is 7.85. The molecule has 0 saturated carbocycles. The molecule has 0 spiro atoms. The van der Waals surface area contributed by atoms with Gasteiger partial charge >= 0.3 is 0 Å². The molecule has 1 atom stereocenters. The fourth-order valence-electron chi connectivity index (χ4n) is 3.06. The summed E-state index contributed by atoms with van der Waals surface area (Å²) in [6.07, 6.45) is 0.373. The fraction of sp³-hybridized carbons (Fsp3) is 0.263. The minimum Gasteiger partial charge on any atom is -0.324 e. The number of nitrogens with zero attached hydrogens (tertiary/aromatic N) is 1. The van der Waals surface area contributed by atoms with Crippen LogP contribution in [0.3, 0.4) is 0 Å². The number of rotatable bonds is 2. The van der Waals surface area contributed by atoms with Gasteiger partial charge in [-0.25, -0.2) is 0 Å². The van der Waals surface area contributed by atoms with Crippen molar-refractivity contribution in [2.24, 2.45) is 0 Å². The van der Waals surface area contributed by atoms with E-state index >= 15 is 0 Å². The Morgan fingerprint density at radius 3 is 2.65 bits per heavy atom. The lowest BCUT2D eigenvalue weighted by Gasteiger charge is -2.30. The molecule has 0 saturated heterocycles. The summed E-state index contributed by atoms with van der Waals surface area (Å²) >= 11 is 0.